The van der Waals surface area contributed by atoms with Gasteiger partial charge in [-0.25, -0.2) is 29.9 Å². The molecule has 0 spiro atoms. The summed E-state index contributed by atoms with van der Waals surface area (Å²) >= 11 is 0. The van der Waals surface area contributed by atoms with Crippen LogP contribution in [-0.2, 0) is 10.8 Å². The summed E-state index contributed by atoms with van der Waals surface area (Å²) in [5.41, 5.74) is 30.2. The minimum absolute atomic E-state index is 0.479. The van der Waals surface area contributed by atoms with E-state index in [2.05, 4.69) is 394 Å². The summed E-state index contributed by atoms with van der Waals surface area (Å²) in [6, 6.07) is 152. The van der Waals surface area contributed by atoms with Crippen molar-refractivity contribution in [2.45, 2.75) is 10.8 Å². The van der Waals surface area contributed by atoms with E-state index in [1.54, 1.807) is 0 Å². The van der Waals surface area contributed by atoms with Gasteiger partial charge in [-0.05, 0) is 137 Å². The molecule has 0 aliphatic heterocycles. The number of rotatable bonds is 11. The van der Waals surface area contributed by atoms with E-state index in [4.69, 9.17) is 29.9 Å². The first-order valence-electron chi connectivity index (χ1n) is 39.6. The molecule has 6 heteroatoms. The van der Waals surface area contributed by atoms with Crippen molar-refractivity contribution in [2.75, 3.05) is 0 Å². The number of hydrogen-bond acceptors (Lipinski definition) is 6. The third-order valence-corrected chi connectivity index (χ3v) is 23.9. The standard InChI is InChI=1S/C58H37N3.C52H33N3/c1-4-16-38(17-5-1)39-28-30-40(31-29-39)55-47-24-12-15-27-54(47)60-57(61-55)42-34-32-41(33-35-42)56-50-36-49-45-22-10-13-25-51(45)58(43-18-6-2-7-19-43,44-20-8-3-9-21-44)52(49)37-48(50)46-23-11-14-26-53(46)59-56;1-4-16-34(17-5-1)49-41-24-12-15-27-48(41)54-51(55-49)36-30-28-35(29-31-36)50-44-32-43-39-22-10-13-25-45(39)52(37-18-6-2-7-19-37,38-20-8-3-9-21-38)46(43)33-42(44)40-23-11-14-26-47(40)53-50/h1-37H;1-33H. The Hall–Kier alpha value is -15.2. The fraction of sp³-hybridized carbons (Fsp3) is 0.0182. The van der Waals surface area contributed by atoms with E-state index in [0.29, 0.717) is 11.6 Å². The number of aromatic nitrogens is 6. The number of pyridine rings is 2. The van der Waals surface area contributed by atoms with Crippen LogP contribution in [0.5, 0.6) is 0 Å². The normalized spacial score (nSPS) is 12.8. The first-order valence-corrected chi connectivity index (χ1v) is 39.6. The third kappa shape index (κ3) is 11.0. The molecule has 540 valence electrons. The number of hydrogen-bond donors (Lipinski definition) is 0. The molecule has 0 saturated carbocycles. The number of nitrogens with zero attached hydrogens (tertiary/aromatic N) is 6. The van der Waals surface area contributed by atoms with E-state index in [1.165, 1.54) is 88.7 Å². The second kappa shape index (κ2) is 27.9. The van der Waals surface area contributed by atoms with Crippen LogP contribution in [0, 0.1) is 0 Å². The zero-order chi connectivity index (χ0) is 76.7. The second-order valence-corrected chi connectivity index (χ2v) is 30.2. The maximum atomic E-state index is 5.40. The second-order valence-electron chi connectivity index (χ2n) is 30.2. The van der Waals surface area contributed by atoms with Crippen molar-refractivity contribution >= 4 is 65.2 Å². The summed E-state index contributed by atoms with van der Waals surface area (Å²) in [7, 11) is 0. The zero-order valence-corrected chi connectivity index (χ0v) is 63.1. The Morgan fingerprint density at radius 1 is 0.147 bits per heavy atom. The van der Waals surface area contributed by atoms with Crippen LogP contribution in [0.4, 0.5) is 0 Å². The molecule has 2 aliphatic rings. The first-order chi connectivity index (χ1) is 57.5. The Morgan fingerprint density at radius 3 is 0.776 bits per heavy atom. The number of fused-ring (bicyclic) bond motifs is 14. The van der Waals surface area contributed by atoms with E-state index in [9.17, 15) is 0 Å². The van der Waals surface area contributed by atoms with Crippen molar-refractivity contribution in [3.63, 3.8) is 0 Å². The van der Waals surface area contributed by atoms with Crippen molar-refractivity contribution in [2.24, 2.45) is 0 Å². The van der Waals surface area contributed by atoms with Crippen molar-refractivity contribution < 1.29 is 0 Å². The van der Waals surface area contributed by atoms with Crippen molar-refractivity contribution in [3.05, 3.63) is 469 Å². The van der Waals surface area contributed by atoms with E-state index in [-0.39, 0.29) is 0 Å². The minimum atomic E-state index is -0.489. The van der Waals surface area contributed by atoms with E-state index >= 15 is 0 Å². The van der Waals surface area contributed by atoms with Crippen molar-refractivity contribution in [1.82, 2.24) is 29.9 Å². The molecule has 0 bridgehead atoms. The molecule has 4 aromatic heterocycles. The van der Waals surface area contributed by atoms with Crippen LogP contribution in [0.2, 0.25) is 0 Å². The Balaban J connectivity index is 0.000000141. The molecule has 0 fully saturated rings. The lowest BCUT2D eigenvalue weighted by Gasteiger charge is -2.34. The lowest BCUT2D eigenvalue weighted by molar-refractivity contribution is 0.769. The van der Waals surface area contributed by atoms with Crippen LogP contribution in [-0.4, -0.2) is 29.9 Å². The van der Waals surface area contributed by atoms with Gasteiger partial charge in [0.15, 0.2) is 11.6 Å². The highest BCUT2D eigenvalue weighted by atomic mass is 14.9. The van der Waals surface area contributed by atoms with Crippen molar-refractivity contribution in [3.8, 4) is 101 Å². The van der Waals surface area contributed by atoms with Gasteiger partial charge in [0, 0.05) is 65.7 Å². The molecule has 0 N–H and O–H groups in total. The van der Waals surface area contributed by atoms with Crippen LogP contribution >= 0.6 is 0 Å². The number of para-hydroxylation sites is 4. The molecule has 2 aliphatic carbocycles. The van der Waals surface area contributed by atoms with Crippen LogP contribution in [0.1, 0.15) is 44.5 Å². The van der Waals surface area contributed by atoms with Gasteiger partial charge in [0.25, 0.3) is 0 Å². The highest BCUT2D eigenvalue weighted by Crippen LogP contribution is 2.60. The smallest absolute Gasteiger partial charge is 0.160 e. The molecule has 21 aromatic rings. The largest absolute Gasteiger partial charge is 0.247 e. The summed E-state index contributed by atoms with van der Waals surface area (Å²) in [5.74, 6) is 1.39. The SMILES string of the molecule is c1ccc(-c2ccc(-c3nc(-c4ccc(-c5nc6ccccc6c6cc7c(cc56)-c5ccccc5C7(c5ccccc5)c5ccccc5)cc4)nc4ccccc34)cc2)cc1.c1ccc(-c2nc(-c3ccc(-c4nc5ccccc5c5cc6c(cc45)-c4ccccc4C6(c4ccccc4)c4ccccc4)cc3)nc3ccccc23)cc1. The van der Waals surface area contributed by atoms with Gasteiger partial charge in [0.05, 0.1) is 55.7 Å². The highest BCUT2D eigenvalue weighted by molar-refractivity contribution is 6.15. The highest BCUT2D eigenvalue weighted by Gasteiger charge is 2.48. The average Bonchev–Trinajstić information content (AvgIpc) is 1.53. The lowest BCUT2D eigenvalue weighted by atomic mass is 9.67. The maximum absolute atomic E-state index is 5.40. The van der Waals surface area contributed by atoms with Gasteiger partial charge in [-0.2, -0.15) is 0 Å². The van der Waals surface area contributed by atoms with Gasteiger partial charge in [-0.1, -0.05) is 376 Å². The monoisotopic (exact) mass is 1470 g/mol. The molecule has 17 aromatic carbocycles. The van der Waals surface area contributed by atoms with E-state index in [1.807, 2.05) is 30.3 Å². The van der Waals surface area contributed by atoms with E-state index in [0.717, 1.165) is 111 Å². The Labute approximate surface area is 671 Å². The molecule has 0 atom stereocenters. The summed E-state index contributed by atoms with van der Waals surface area (Å²) in [6.07, 6.45) is 0. The van der Waals surface area contributed by atoms with Crippen LogP contribution in [0.25, 0.3) is 166 Å². The predicted octanol–water partition coefficient (Wildman–Crippen LogP) is 27.1. The lowest BCUT2D eigenvalue weighted by Crippen LogP contribution is -2.28. The van der Waals surface area contributed by atoms with Gasteiger partial charge < -0.3 is 0 Å². The summed E-state index contributed by atoms with van der Waals surface area (Å²) in [4.78, 5) is 31.3. The first kappa shape index (κ1) is 67.6. The molecule has 6 nitrogen and oxygen atoms in total. The minimum Gasteiger partial charge on any atom is -0.247 e. The van der Waals surface area contributed by atoms with Gasteiger partial charge >= 0.3 is 0 Å². The Morgan fingerprint density at radius 2 is 0.405 bits per heavy atom. The topological polar surface area (TPSA) is 77.3 Å². The molecule has 23 rings (SSSR count). The molecular formula is C110H70N6. The van der Waals surface area contributed by atoms with Crippen LogP contribution in [0.15, 0.2) is 425 Å². The fourth-order valence-electron chi connectivity index (χ4n) is 18.7. The van der Waals surface area contributed by atoms with Crippen molar-refractivity contribution in [1.29, 1.82) is 0 Å². The molecule has 4 heterocycles. The summed E-state index contributed by atoms with van der Waals surface area (Å²) in [6.45, 7) is 0. The third-order valence-electron chi connectivity index (χ3n) is 23.9. The Bertz CT molecular complexity index is 7310. The van der Waals surface area contributed by atoms with Gasteiger partial charge in [-0.15, -0.1) is 0 Å². The fourth-order valence-corrected chi connectivity index (χ4v) is 18.7. The molecule has 0 unspecified atom stereocenters. The quantitative estimate of drug-likeness (QED) is 0.120. The molecular weight excluding hydrogens is 1410 g/mol. The molecule has 0 radical (unpaired) electrons. The maximum Gasteiger partial charge on any atom is 0.160 e. The molecule has 0 saturated heterocycles. The van der Waals surface area contributed by atoms with Gasteiger partial charge in [0.1, 0.15) is 0 Å². The Kier molecular flexibility index (Phi) is 16.3. The van der Waals surface area contributed by atoms with Gasteiger partial charge in [0.2, 0.25) is 0 Å². The van der Waals surface area contributed by atoms with Crippen LogP contribution < -0.4 is 0 Å². The van der Waals surface area contributed by atoms with E-state index < -0.39 is 10.8 Å². The predicted molar refractivity (Wildman–Crippen MR) is 477 cm³/mol. The summed E-state index contributed by atoms with van der Waals surface area (Å²) < 4.78 is 0. The van der Waals surface area contributed by atoms with Crippen LogP contribution in [0.3, 0.4) is 0 Å². The zero-order valence-electron chi connectivity index (χ0n) is 63.1. The summed E-state index contributed by atoms with van der Waals surface area (Å²) in [5, 5.41) is 8.99. The van der Waals surface area contributed by atoms with Gasteiger partial charge in [-0.3, -0.25) is 0 Å². The molecule has 0 amide bonds. The molecule has 116 heavy (non-hydrogen) atoms. The number of benzene rings is 17. The average molecular weight is 1480 g/mol.